The Balaban J connectivity index is 2.37. The average Bonchev–Trinajstić information content (AvgIpc) is 2.23. The lowest BCUT2D eigenvalue weighted by atomic mass is 9.75. The normalized spacial score (nSPS) is 19.9. The standard InChI is InChI=1S/C13H27N3O2/c1-14-11(12(17)18)6-9-16(4)10-13(15(2)3)7-5-8-13/h11,14H,5-10H2,1-4H3,(H,17,18). The summed E-state index contributed by atoms with van der Waals surface area (Å²) in [5, 5.41) is 11.8. The van der Waals surface area contributed by atoms with Crippen molar-refractivity contribution in [2.45, 2.75) is 37.3 Å². The highest BCUT2D eigenvalue weighted by atomic mass is 16.4. The summed E-state index contributed by atoms with van der Waals surface area (Å²) in [5.41, 5.74) is 0.313. The molecule has 1 aliphatic carbocycles. The molecule has 0 aliphatic heterocycles. The summed E-state index contributed by atoms with van der Waals surface area (Å²) in [7, 11) is 8.06. The third-order valence-corrected chi connectivity index (χ3v) is 4.24. The van der Waals surface area contributed by atoms with Crippen LogP contribution in [0.1, 0.15) is 25.7 Å². The molecule has 0 spiro atoms. The van der Waals surface area contributed by atoms with E-state index in [1.807, 2.05) is 0 Å². The average molecular weight is 257 g/mol. The molecule has 5 nitrogen and oxygen atoms in total. The molecule has 0 aromatic rings. The Morgan fingerprint density at radius 2 is 2.00 bits per heavy atom. The Morgan fingerprint density at radius 1 is 1.39 bits per heavy atom. The van der Waals surface area contributed by atoms with E-state index in [4.69, 9.17) is 5.11 Å². The summed E-state index contributed by atoms with van der Waals surface area (Å²) in [6.07, 6.45) is 4.45. The van der Waals surface area contributed by atoms with Crippen LogP contribution in [-0.4, -0.2) is 73.7 Å². The number of likely N-dealkylation sites (N-methyl/N-ethyl adjacent to an activating group) is 3. The predicted octanol–water partition coefficient (Wildman–Crippen LogP) is 0.465. The number of carboxylic acid groups (broad SMARTS) is 1. The monoisotopic (exact) mass is 257 g/mol. The number of carboxylic acids is 1. The molecule has 0 aromatic carbocycles. The van der Waals surface area contributed by atoms with E-state index in [9.17, 15) is 4.79 Å². The minimum atomic E-state index is -0.767. The van der Waals surface area contributed by atoms with Gasteiger partial charge < -0.3 is 20.2 Å². The van der Waals surface area contributed by atoms with Crippen LogP contribution < -0.4 is 5.32 Å². The van der Waals surface area contributed by atoms with Crippen molar-refractivity contribution in [1.82, 2.24) is 15.1 Å². The predicted molar refractivity (Wildman–Crippen MR) is 72.9 cm³/mol. The number of nitrogens with zero attached hydrogens (tertiary/aromatic N) is 2. The Kier molecular flexibility index (Phi) is 5.56. The number of carbonyl (C=O) groups is 1. The highest BCUT2D eigenvalue weighted by Gasteiger charge is 2.39. The quantitative estimate of drug-likeness (QED) is 0.662. The van der Waals surface area contributed by atoms with Gasteiger partial charge in [0.1, 0.15) is 6.04 Å². The second kappa shape index (κ2) is 6.50. The number of hydrogen-bond donors (Lipinski definition) is 2. The molecule has 1 unspecified atom stereocenters. The van der Waals surface area contributed by atoms with Crippen molar-refractivity contribution in [1.29, 1.82) is 0 Å². The fraction of sp³-hybridized carbons (Fsp3) is 0.923. The van der Waals surface area contributed by atoms with E-state index in [0.717, 1.165) is 13.1 Å². The molecule has 5 heteroatoms. The van der Waals surface area contributed by atoms with Gasteiger partial charge in [0.05, 0.1) is 0 Å². The molecule has 106 valence electrons. The zero-order chi connectivity index (χ0) is 13.8. The van der Waals surface area contributed by atoms with Crippen LogP contribution in [-0.2, 0) is 4.79 Å². The molecular formula is C13H27N3O2. The highest BCUT2D eigenvalue weighted by Crippen LogP contribution is 2.36. The highest BCUT2D eigenvalue weighted by molar-refractivity contribution is 5.73. The second-order valence-electron chi connectivity index (χ2n) is 5.68. The molecule has 1 aliphatic rings. The first-order valence-electron chi connectivity index (χ1n) is 6.67. The SMILES string of the molecule is CNC(CCN(C)CC1(N(C)C)CCC1)C(=O)O. The molecule has 2 N–H and O–H groups in total. The number of nitrogens with one attached hydrogen (secondary N) is 1. The van der Waals surface area contributed by atoms with Gasteiger partial charge in [-0.05, 0) is 60.4 Å². The van der Waals surface area contributed by atoms with E-state index in [2.05, 4.69) is 36.3 Å². The zero-order valence-corrected chi connectivity index (χ0v) is 12.1. The fourth-order valence-corrected chi connectivity index (χ4v) is 2.65. The van der Waals surface area contributed by atoms with Gasteiger partial charge in [0.2, 0.25) is 0 Å². The van der Waals surface area contributed by atoms with Gasteiger partial charge in [-0.3, -0.25) is 4.79 Å². The molecule has 0 amide bonds. The van der Waals surface area contributed by atoms with Crippen LogP contribution >= 0.6 is 0 Å². The second-order valence-corrected chi connectivity index (χ2v) is 5.68. The smallest absolute Gasteiger partial charge is 0.320 e. The molecule has 1 rings (SSSR count). The summed E-state index contributed by atoms with van der Waals surface area (Å²) in [5.74, 6) is -0.767. The van der Waals surface area contributed by atoms with E-state index < -0.39 is 12.0 Å². The van der Waals surface area contributed by atoms with Crippen molar-refractivity contribution in [3.05, 3.63) is 0 Å². The first-order valence-corrected chi connectivity index (χ1v) is 6.67. The maximum absolute atomic E-state index is 10.9. The van der Waals surface area contributed by atoms with Crippen molar-refractivity contribution in [2.24, 2.45) is 0 Å². The Bertz CT molecular complexity index is 277. The third kappa shape index (κ3) is 3.67. The van der Waals surface area contributed by atoms with Gasteiger partial charge in [0.15, 0.2) is 0 Å². The summed E-state index contributed by atoms with van der Waals surface area (Å²) in [4.78, 5) is 15.5. The lowest BCUT2D eigenvalue weighted by Gasteiger charge is -2.49. The number of hydrogen-bond acceptors (Lipinski definition) is 4. The minimum Gasteiger partial charge on any atom is -0.480 e. The summed E-state index contributed by atoms with van der Waals surface area (Å²) < 4.78 is 0. The van der Waals surface area contributed by atoms with Gasteiger partial charge in [0.25, 0.3) is 0 Å². The lowest BCUT2D eigenvalue weighted by Crippen LogP contribution is -2.57. The van der Waals surface area contributed by atoms with Crippen molar-refractivity contribution in [2.75, 3.05) is 41.3 Å². The molecule has 0 heterocycles. The van der Waals surface area contributed by atoms with Crippen molar-refractivity contribution >= 4 is 5.97 Å². The van der Waals surface area contributed by atoms with E-state index in [-0.39, 0.29) is 0 Å². The van der Waals surface area contributed by atoms with Crippen molar-refractivity contribution < 1.29 is 9.90 Å². The van der Waals surface area contributed by atoms with Gasteiger partial charge in [-0.2, -0.15) is 0 Å². The van der Waals surface area contributed by atoms with Crippen LogP contribution in [0.15, 0.2) is 0 Å². The third-order valence-electron chi connectivity index (χ3n) is 4.24. The molecule has 0 saturated heterocycles. The van der Waals surface area contributed by atoms with Crippen LogP contribution in [0.5, 0.6) is 0 Å². The summed E-state index contributed by atoms with van der Waals surface area (Å²) in [6, 6.07) is -0.441. The van der Waals surface area contributed by atoms with Gasteiger partial charge in [-0.25, -0.2) is 0 Å². The Hall–Kier alpha value is -0.650. The first-order chi connectivity index (χ1) is 8.41. The van der Waals surface area contributed by atoms with Crippen LogP contribution in [0.25, 0.3) is 0 Å². The molecule has 1 saturated carbocycles. The van der Waals surface area contributed by atoms with Crippen molar-refractivity contribution in [3.63, 3.8) is 0 Å². The fourth-order valence-electron chi connectivity index (χ4n) is 2.65. The number of rotatable bonds is 8. The first kappa shape index (κ1) is 15.4. The molecule has 1 fully saturated rings. The van der Waals surface area contributed by atoms with Crippen LogP contribution in [0.3, 0.4) is 0 Å². The minimum absolute atomic E-state index is 0.313. The van der Waals surface area contributed by atoms with Gasteiger partial charge >= 0.3 is 5.97 Å². The Morgan fingerprint density at radius 3 is 2.33 bits per heavy atom. The van der Waals surface area contributed by atoms with Crippen LogP contribution in [0.4, 0.5) is 0 Å². The molecular weight excluding hydrogens is 230 g/mol. The molecule has 18 heavy (non-hydrogen) atoms. The molecule has 0 bridgehead atoms. The summed E-state index contributed by atoms with van der Waals surface area (Å²) in [6.45, 7) is 1.84. The zero-order valence-electron chi connectivity index (χ0n) is 12.1. The maximum Gasteiger partial charge on any atom is 0.320 e. The molecule has 0 radical (unpaired) electrons. The number of aliphatic carboxylic acids is 1. The van der Waals surface area contributed by atoms with E-state index in [0.29, 0.717) is 12.0 Å². The van der Waals surface area contributed by atoms with Gasteiger partial charge in [-0.15, -0.1) is 0 Å². The maximum atomic E-state index is 10.9. The Labute approximate surface area is 110 Å². The van der Waals surface area contributed by atoms with Gasteiger partial charge in [-0.1, -0.05) is 0 Å². The summed E-state index contributed by atoms with van der Waals surface area (Å²) >= 11 is 0. The van der Waals surface area contributed by atoms with E-state index in [1.54, 1.807) is 7.05 Å². The molecule has 0 aromatic heterocycles. The lowest BCUT2D eigenvalue weighted by molar-refractivity contribution is -0.139. The largest absolute Gasteiger partial charge is 0.480 e. The van der Waals surface area contributed by atoms with Crippen LogP contribution in [0, 0.1) is 0 Å². The molecule has 1 atom stereocenters. The van der Waals surface area contributed by atoms with E-state index >= 15 is 0 Å². The van der Waals surface area contributed by atoms with Crippen LogP contribution in [0.2, 0.25) is 0 Å². The van der Waals surface area contributed by atoms with E-state index in [1.165, 1.54) is 19.3 Å². The topological polar surface area (TPSA) is 55.8 Å². The van der Waals surface area contributed by atoms with Gasteiger partial charge in [0, 0.05) is 12.1 Å². The van der Waals surface area contributed by atoms with Crippen molar-refractivity contribution in [3.8, 4) is 0 Å².